The maximum absolute atomic E-state index is 13.4. The van der Waals surface area contributed by atoms with Crippen LogP contribution in [0.25, 0.3) is 11.3 Å². The van der Waals surface area contributed by atoms with Crippen LogP contribution in [-0.2, 0) is 16.4 Å². The highest BCUT2D eigenvalue weighted by Crippen LogP contribution is 2.26. The molecule has 0 bridgehead atoms. The molecule has 0 spiro atoms. The van der Waals surface area contributed by atoms with Gasteiger partial charge < -0.3 is 9.42 Å². The van der Waals surface area contributed by atoms with Gasteiger partial charge in [-0.25, -0.2) is 8.42 Å². The monoisotopic (exact) mass is 472 g/mol. The number of rotatable bonds is 6. The van der Waals surface area contributed by atoms with Gasteiger partial charge in [-0.3, -0.25) is 4.79 Å². The van der Waals surface area contributed by atoms with Gasteiger partial charge in [0.2, 0.25) is 0 Å². The van der Waals surface area contributed by atoms with Gasteiger partial charge in [-0.15, -0.1) is 0 Å². The summed E-state index contributed by atoms with van der Waals surface area (Å²) in [6.07, 6.45) is 0.417. The van der Waals surface area contributed by atoms with E-state index in [0.29, 0.717) is 29.7 Å². The van der Waals surface area contributed by atoms with Crippen molar-refractivity contribution in [3.05, 3.63) is 76.4 Å². The molecule has 2 heterocycles. The molecule has 1 aliphatic heterocycles. The van der Waals surface area contributed by atoms with E-state index in [2.05, 4.69) is 19.0 Å². The molecule has 0 saturated carbocycles. The topological polar surface area (TPSA) is 80.5 Å². The lowest BCUT2D eigenvalue weighted by atomic mass is 10.0. The molecule has 0 N–H and O–H groups in total. The van der Waals surface area contributed by atoms with Crippen LogP contribution in [0.1, 0.15) is 47.8 Å². The maximum Gasteiger partial charge on any atom is 0.276 e. The Morgan fingerprint density at radius 2 is 1.84 bits per heavy atom. The van der Waals surface area contributed by atoms with Crippen LogP contribution in [0.15, 0.2) is 59.1 Å². The fourth-order valence-corrected chi connectivity index (χ4v) is 5.72. The zero-order chi connectivity index (χ0) is 22.9. The highest BCUT2D eigenvalue weighted by Gasteiger charge is 2.36. The number of amides is 1. The normalized spacial score (nSPS) is 17.6. The second-order valence-electron chi connectivity index (χ2n) is 8.47. The van der Waals surface area contributed by atoms with E-state index in [1.165, 1.54) is 5.56 Å². The lowest BCUT2D eigenvalue weighted by Gasteiger charge is -2.27. The molecule has 1 aromatic heterocycles. The predicted molar refractivity (Wildman–Crippen MR) is 124 cm³/mol. The number of aromatic nitrogens is 1. The quantitative estimate of drug-likeness (QED) is 0.507. The lowest BCUT2D eigenvalue weighted by Crippen LogP contribution is -2.40. The van der Waals surface area contributed by atoms with E-state index in [1.54, 1.807) is 35.2 Å². The Labute approximate surface area is 193 Å². The molecule has 6 nitrogen and oxygen atoms in total. The van der Waals surface area contributed by atoms with Crippen molar-refractivity contribution in [2.75, 3.05) is 11.5 Å². The minimum Gasteiger partial charge on any atom is -0.355 e. The molecule has 1 fully saturated rings. The minimum atomic E-state index is -3.16. The van der Waals surface area contributed by atoms with E-state index >= 15 is 0 Å². The molecule has 168 valence electrons. The number of sulfone groups is 1. The highest BCUT2D eigenvalue weighted by atomic mass is 35.5. The first-order chi connectivity index (χ1) is 15.2. The molecule has 32 heavy (non-hydrogen) atoms. The van der Waals surface area contributed by atoms with Crippen LogP contribution in [0, 0.1) is 0 Å². The molecule has 3 aromatic rings. The molecule has 0 unspecified atom stereocenters. The Kier molecular flexibility index (Phi) is 6.40. The van der Waals surface area contributed by atoms with Crippen molar-refractivity contribution < 1.29 is 17.7 Å². The summed E-state index contributed by atoms with van der Waals surface area (Å²) in [5.74, 6) is 0.560. The summed E-state index contributed by atoms with van der Waals surface area (Å²) >= 11 is 5.94. The molecule has 1 aliphatic rings. The Bertz CT molecular complexity index is 1200. The average Bonchev–Trinajstić information content (AvgIpc) is 3.39. The van der Waals surface area contributed by atoms with Crippen molar-refractivity contribution >= 4 is 27.3 Å². The summed E-state index contributed by atoms with van der Waals surface area (Å²) in [4.78, 5) is 15.0. The van der Waals surface area contributed by atoms with E-state index in [9.17, 15) is 13.2 Å². The number of nitrogens with zero attached hydrogens (tertiary/aromatic N) is 2. The summed E-state index contributed by atoms with van der Waals surface area (Å²) in [7, 11) is -3.16. The molecule has 0 radical (unpaired) electrons. The first-order valence-corrected chi connectivity index (χ1v) is 12.7. The number of hydrogen-bond donors (Lipinski definition) is 0. The van der Waals surface area contributed by atoms with E-state index in [0.717, 1.165) is 11.1 Å². The van der Waals surface area contributed by atoms with E-state index in [1.807, 2.05) is 24.3 Å². The van der Waals surface area contributed by atoms with Gasteiger partial charge in [0.25, 0.3) is 5.91 Å². The summed E-state index contributed by atoms with van der Waals surface area (Å²) < 4.78 is 29.6. The van der Waals surface area contributed by atoms with E-state index in [4.69, 9.17) is 16.1 Å². The van der Waals surface area contributed by atoms with Gasteiger partial charge in [-0.2, -0.15) is 0 Å². The number of carbonyl (C=O) groups is 1. The predicted octanol–water partition coefficient (Wildman–Crippen LogP) is 4.95. The zero-order valence-electron chi connectivity index (χ0n) is 18.0. The third-order valence-corrected chi connectivity index (χ3v) is 7.77. The Morgan fingerprint density at radius 3 is 2.44 bits per heavy atom. The molecular formula is C24H25ClN2O4S. The van der Waals surface area contributed by atoms with Gasteiger partial charge in [0.1, 0.15) is 0 Å². The molecule has 1 saturated heterocycles. The van der Waals surface area contributed by atoms with Crippen LogP contribution in [0.5, 0.6) is 0 Å². The molecule has 8 heteroatoms. The summed E-state index contributed by atoms with van der Waals surface area (Å²) in [5, 5.41) is 4.57. The fourth-order valence-electron chi connectivity index (χ4n) is 3.87. The van der Waals surface area contributed by atoms with Crippen molar-refractivity contribution in [3.63, 3.8) is 0 Å². The van der Waals surface area contributed by atoms with Crippen molar-refractivity contribution in [1.29, 1.82) is 0 Å². The van der Waals surface area contributed by atoms with Crippen molar-refractivity contribution in [2.45, 2.75) is 38.8 Å². The SMILES string of the molecule is CC(C)c1ccc(CN(C(=O)c2cc(-c3ccc(Cl)cc3)on2)[C@H]2CCS(=O)(=O)C2)cc1. The summed E-state index contributed by atoms with van der Waals surface area (Å²) in [6.45, 7) is 4.55. The van der Waals surface area contributed by atoms with Crippen molar-refractivity contribution in [2.24, 2.45) is 0 Å². The zero-order valence-corrected chi connectivity index (χ0v) is 19.6. The summed E-state index contributed by atoms with van der Waals surface area (Å²) in [6, 6.07) is 16.3. The van der Waals surface area contributed by atoms with Crippen LogP contribution in [0.2, 0.25) is 5.02 Å². The average molecular weight is 473 g/mol. The van der Waals surface area contributed by atoms with Gasteiger partial charge in [0.15, 0.2) is 21.3 Å². The summed E-state index contributed by atoms with van der Waals surface area (Å²) in [5.41, 5.74) is 3.05. The van der Waals surface area contributed by atoms with Gasteiger partial charge in [0.05, 0.1) is 11.5 Å². The maximum atomic E-state index is 13.4. The van der Waals surface area contributed by atoms with Gasteiger partial charge >= 0.3 is 0 Å². The standard InChI is InChI=1S/C24H25ClN2O4S/c1-16(2)18-5-3-17(4-6-18)14-27(21-11-12-32(29,30)15-21)24(28)22-13-23(31-26-22)19-7-9-20(25)10-8-19/h3-10,13,16,21H,11-12,14-15H2,1-2H3/t21-/m0/s1. The molecule has 1 atom stereocenters. The molecule has 1 amide bonds. The Balaban J connectivity index is 1.60. The second kappa shape index (κ2) is 9.08. The Hall–Kier alpha value is -2.64. The van der Waals surface area contributed by atoms with E-state index in [-0.39, 0.29) is 23.1 Å². The number of carbonyl (C=O) groups excluding carboxylic acids is 1. The largest absolute Gasteiger partial charge is 0.355 e. The third kappa shape index (κ3) is 5.05. The Morgan fingerprint density at radius 1 is 1.16 bits per heavy atom. The van der Waals surface area contributed by atoms with Gasteiger partial charge in [-0.1, -0.05) is 54.9 Å². The highest BCUT2D eigenvalue weighted by molar-refractivity contribution is 7.91. The van der Waals surface area contributed by atoms with Crippen LogP contribution in [0.4, 0.5) is 0 Å². The first kappa shape index (κ1) is 22.6. The number of hydrogen-bond acceptors (Lipinski definition) is 5. The minimum absolute atomic E-state index is 0.0370. The number of halogens is 1. The van der Waals surface area contributed by atoms with Crippen LogP contribution in [0.3, 0.4) is 0 Å². The van der Waals surface area contributed by atoms with E-state index < -0.39 is 15.9 Å². The molecule has 2 aromatic carbocycles. The fraction of sp³-hybridized carbons (Fsp3) is 0.333. The smallest absolute Gasteiger partial charge is 0.276 e. The number of benzene rings is 2. The third-order valence-electron chi connectivity index (χ3n) is 5.77. The first-order valence-electron chi connectivity index (χ1n) is 10.5. The lowest BCUT2D eigenvalue weighted by molar-refractivity contribution is 0.0670. The van der Waals surface area contributed by atoms with Crippen LogP contribution in [-0.4, -0.2) is 41.9 Å². The van der Waals surface area contributed by atoms with Gasteiger partial charge in [0, 0.05) is 29.2 Å². The molecule has 0 aliphatic carbocycles. The van der Waals surface area contributed by atoms with Crippen molar-refractivity contribution in [3.8, 4) is 11.3 Å². The van der Waals surface area contributed by atoms with Crippen LogP contribution < -0.4 is 0 Å². The second-order valence-corrected chi connectivity index (χ2v) is 11.1. The van der Waals surface area contributed by atoms with Crippen LogP contribution >= 0.6 is 11.6 Å². The van der Waals surface area contributed by atoms with Crippen molar-refractivity contribution in [1.82, 2.24) is 10.1 Å². The molecular weight excluding hydrogens is 448 g/mol. The van der Waals surface area contributed by atoms with Gasteiger partial charge in [-0.05, 0) is 47.7 Å². The molecule has 4 rings (SSSR count).